The summed E-state index contributed by atoms with van der Waals surface area (Å²) in [5.74, 6) is -0.380. The summed E-state index contributed by atoms with van der Waals surface area (Å²) in [6.07, 6.45) is -0.128. The standard InChI is InChI=1S/C9H14O4/c1-7(2)9(10)13-6-8-5-11-3-4-12-8/h8H,1,3-6H2,2H3. The predicted octanol–water partition coefficient (Wildman–Crippen LogP) is 0.521. The molecule has 4 nitrogen and oxygen atoms in total. The van der Waals surface area contributed by atoms with Gasteiger partial charge in [0.1, 0.15) is 12.7 Å². The summed E-state index contributed by atoms with van der Waals surface area (Å²) in [7, 11) is 0. The Morgan fingerprint density at radius 1 is 1.62 bits per heavy atom. The molecule has 1 aliphatic rings. The molecule has 1 heterocycles. The SMILES string of the molecule is C=C(C)C(=O)OCC1COCCO1. The second-order valence-corrected chi connectivity index (χ2v) is 2.95. The molecular weight excluding hydrogens is 172 g/mol. The summed E-state index contributed by atoms with van der Waals surface area (Å²) in [5, 5.41) is 0. The number of carbonyl (C=O) groups excluding carboxylic acids is 1. The lowest BCUT2D eigenvalue weighted by molar-refractivity contribution is -0.151. The molecule has 0 amide bonds. The van der Waals surface area contributed by atoms with Crippen molar-refractivity contribution in [1.29, 1.82) is 0 Å². The number of hydrogen-bond acceptors (Lipinski definition) is 4. The van der Waals surface area contributed by atoms with E-state index in [2.05, 4.69) is 6.58 Å². The Bertz CT molecular complexity index is 194. The van der Waals surface area contributed by atoms with Crippen molar-refractivity contribution in [2.45, 2.75) is 13.0 Å². The van der Waals surface area contributed by atoms with Crippen LogP contribution in [-0.2, 0) is 19.0 Å². The van der Waals surface area contributed by atoms with E-state index in [0.29, 0.717) is 25.4 Å². The molecule has 4 heteroatoms. The third-order valence-electron chi connectivity index (χ3n) is 1.63. The summed E-state index contributed by atoms with van der Waals surface area (Å²) >= 11 is 0. The van der Waals surface area contributed by atoms with Crippen LogP contribution in [0.4, 0.5) is 0 Å². The molecule has 0 saturated carbocycles. The van der Waals surface area contributed by atoms with E-state index >= 15 is 0 Å². The topological polar surface area (TPSA) is 44.8 Å². The van der Waals surface area contributed by atoms with Crippen molar-refractivity contribution in [3.8, 4) is 0 Å². The second kappa shape index (κ2) is 4.99. The molecule has 0 N–H and O–H groups in total. The van der Waals surface area contributed by atoms with E-state index in [-0.39, 0.29) is 18.7 Å². The fourth-order valence-corrected chi connectivity index (χ4v) is 0.925. The average molecular weight is 186 g/mol. The normalized spacial score (nSPS) is 22.4. The first-order valence-electron chi connectivity index (χ1n) is 4.22. The van der Waals surface area contributed by atoms with Crippen LogP contribution in [0.15, 0.2) is 12.2 Å². The molecule has 0 bridgehead atoms. The van der Waals surface area contributed by atoms with E-state index in [1.165, 1.54) is 0 Å². The summed E-state index contributed by atoms with van der Waals surface area (Å²) in [4.78, 5) is 11.0. The zero-order valence-corrected chi connectivity index (χ0v) is 7.75. The van der Waals surface area contributed by atoms with Gasteiger partial charge in [-0.1, -0.05) is 6.58 Å². The quantitative estimate of drug-likeness (QED) is 0.476. The molecule has 1 saturated heterocycles. The van der Waals surface area contributed by atoms with E-state index in [1.54, 1.807) is 6.92 Å². The van der Waals surface area contributed by atoms with Gasteiger partial charge in [-0.25, -0.2) is 4.79 Å². The van der Waals surface area contributed by atoms with Gasteiger partial charge in [0, 0.05) is 5.57 Å². The van der Waals surface area contributed by atoms with Gasteiger partial charge in [0.25, 0.3) is 0 Å². The lowest BCUT2D eigenvalue weighted by Crippen LogP contribution is -2.33. The van der Waals surface area contributed by atoms with E-state index in [4.69, 9.17) is 14.2 Å². The molecule has 1 fully saturated rings. The van der Waals surface area contributed by atoms with E-state index in [9.17, 15) is 4.79 Å². The Hall–Kier alpha value is -0.870. The molecule has 0 radical (unpaired) electrons. The Labute approximate surface area is 77.5 Å². The van der Waals surface area contributed by atoms with Gasteiger partial charge in [-0.3, -0.25) is 0 Å². The van der Waals surface area contributed by atoms with Crippen LogP contribution in [0.25, 0.3) is 0 Å². The van der Waals surface area contributed by atoms with Crippen LogP contribution < -0.4 is 0 Å². The van der Waals surface area contributed by atoms with Crippen LogP contribution in [0.1, 0.15) is 6.92 Å². The molecule has 0 aromatic carbocycles. The second-order valence-electron chi connectivity index (χ2n) is 2.95. The van der Waals surface area contributed by atoms with E-state index in [0.717, 1.165) is 0 Å². The smallest absolute Gasteiger partial charge is 0.333 e. The molecule has 0 aromatic rings. The number of rotatable bonds is 3. The number of carbonyl (C=O) groups is 1. The molecule has 0 aliphatic carbocycles. The van der Waals surface area contributed by atoms with Gasteiger partial charge in [0.05, 0.1) is 19.8 Å². The predicted molar refractivity (Wildman–Crippen MR) is 46.3 cm³/mol. The minimum Gasteiger partial charge on any atom is -0.459 e. The van der Waals surface area contributed by atoms with Gasteiger partial charge in [-0.2, -0.15) is 0 Å². The highest BCUT2D eigenvalue weighted by Gasteiger charge is 2.16. The van der Waals surface area contributed by atoms with Crippen LogP contribution >= 0.6 is 0 Å². The van der Waals surface area contributed by atoms with Crippen molar-refractivity contribution < 1.29 is 19.0 Å². The summed E-state index contributed by atoms with van der Waals surface area (Å²) < 4.78 is 15.3. The summed E-state index contributed by atoms with van der Waals surface area (Å²) in [5.41, 5.74) is 0.400. The van der Waals surface area contributed by atoms with Gasteiger partial charge >= 0.3 is 5.97 Å². The first-order valence-corrected chi connectivity index (χ1v) is 4.22. The zero-order chi connectivity index (χ0) is 9.68. The first-order chi connectivity index (χ1) is 6.20. The summed E-state index contributed by atoms with van der Waals surface area (Å²) in [6.45, 7) is 7.00. The van der Waals surface area contributed by atoms with Crippen molar-refractivity contribution in [3.05, 3.63) is 12.2 Å². The van der Waals surface area contributed by atoms with Crippen molar-refractivity contribution in [1.82, 2.24) is 0 Å². The lowest BCUT2D eigenvalue weighted by Gasteiger charge is -2.22. The van der Waals surface area contributed by atoms with Crippen molar-refractivity contribution in [2.24, 2.45) is 0 Å². The van der Waals surface area contributed by atoms with Gasteiger partial charge in [-0.05, 0) is 6.92 Å². The fraction of sp³-hybridized carbons (Fsp3) is 0.667. The molecular formula is C9H14O4. The molecule has 13 heavy (non-hydrogen) atoms. The molecule has 1 atom stereocenters. The van der Waals surface area contributed by atoms with Gasteiger partial charge in [0.15, 0.2) is 0 Å². The van der Waals surface area contributed by atoms with E-state index < -0.39 is 0 Å². The minimum absolute atomic E-state index is 0.128. The molecule has 1 rings (SSSR count). The third-order valence-corrected chi connectivity index (χ3v) is 1.63. The Morgan fingerprint density at radius 3 is 2.92 bits per heavy atom. The first kappa shape index (κ1) is 10.2. The maximum absolute atomic E-state index is 11.0. The van der Waals surface area contributed by atoms with Crippen LogP contribution in [-0.4, -0.2) is 38.5 Å². The van der Waals surface area contributed by atoms with Crippen molar-refractivity contribution in [3.63, 3.8) is 0 Å². The van der Waals surface area contributed by atoms with Gasteiger partial charge in [0.2, 0.25) is 0 Å². The largest absolute Gasteiger partial charge is 0.459 e. The monoisotopic (exact) mass is 186 g/mol. The van der Waals surface area contributed by atoms with Crippen LogP contribution in [0, 0.1) is 0 Å². The van der Waals surface area contributed by atoms with Gasteiger partial charge in [-0.15, -0.1) is 0 Å². The van der Waals surface area contributed by atoms with Crippen LogP contribution in [0.5, 0.6) is 0 Å². The molecule has 1 aliphatic heterocycles. The minimum atomic E-state index is -0.380. The number of ether oxygens (including phenoxy) is 3. The Kier molecular flexibility index (Phi) is 3.92. The number of esters is 1. The van der Waals surface area contributed by atoms with E-state index in [1.807, 2.05) is 0 Å². The maximum atomic E-state index is 11.0. The Balaban J connectivity index is 2.17. The lowest BCUT2D eigenvalue weighted by atomic mass is 10.3. The van der Waals surface area contributed by atoms with Crippen LogP contribution in [0.2, 0.25) is 0 Å². The van der Waals surface area contributed by atoms with Crippen LogP contribution in [0.3, 0.4) is 0 Å². The highest BCUT2D eigenvalue weighted by atomic mass is 16.6. The molecule has 1 unspecified atom stereocenters. The summed E-state index contributed by atoms with van der Waals surface area (Å²) in [6, 6.07) is 0. The highest BCUT2D eigenvalue weighted by molar-refractivity contribution is 5.86. The average Bonchev–Trinajstić information content (AvgIpc) is 2.15. The third kappa shape index (κ3) is 3.57. The zero-order valence-electron chi connectivity index (χ0n) is 7.75. The van der Waals surface area contributed by atoms with Gasteiger partial charge < -0.3 is 14.2 Å². The van der Waals surface area contributed by atoms with Crippen molar-refractivity contribution in [2.75, 3.05) is 26.4 Å². The Morgan fingerprint density at radius 2 is 2.38 bits per heavy atom. The highest BCUT2D eigenvalue weighted by Crippen LogP contribution is 2.02. The molecule has 0 aromatic heterocycles. The molecule has 0 spiro atoms. The van der Waals surface area contributed by atoms with Crippen molar-refractivity contribution >= 4 is 5.97 Å². The number of hydrogen-bond donors (Lipinski definition) is 0. The maximum Gasteiger partial charge on any atom is 0.333 e. The fourth-order valence-electron chi connectivity index (χ4n) is 0.925. The molecule has 74 valence electrons.